The second kappa shape index (κ2) is 6.67. The summed E-state index contributed by atoms with van der Waals surface area (Å²) in [6.07, 6.45) is 6.99. The largest absolute Gasteiger partial charge is 0.334 e. The van der Waals surface area contributed by atoms with Gasteiger partial charge >= 0.3 is 0 Å². The van der Waals surface area contributed by atoms with Gasteiger partial charge < -0.3 is 4.98 Å². The van der Waals surface area contributed by atoms with Crippen molar-refractivity contribution in [2.75, 3.05) is 6.54 Å². The van der Waals surface area contributed by atoms with Crippen LogP contribution in [0.15, 0.2) is 48.9 Å². The summed E-state index contributed by atoms with van der Waals surface area (Å²) in [6.45, 7) is 3.64. The Morgan fingerprint density at radius 2 is 1.96 bits per heavy atom. The normalized spacial score (nSPS) is 14.5. The maximum Gasteiger partial charge on any atom is 0.196 e. The van der Waals surface area contributed by atoms with E-state index in [0.717, 1.165) is 32.6 Å². The molecule has 0 fully saturated rings. The Bertz CT molecular complexity index is 884. The lowest BCUT2D eigenvalue weighted by atomic mass is 10.1. The molecule has 5 nitrogen and oxygen atoms in total. The third kappa shape index (κ3) is 3.44. The smallest absolute Gasteiger partial charge is 0.196 e. The van der Waals surface area contributed by atoms with E-state index in [4.69, 9.17) is 12.2 Å². The van der Waals surface area contributed by atoms with E-state index in [9.17, 15) is 0 Å². The van der Waals surface area contributed by atoms with Crippen LogP contribution in [0, 0.1) is 4.77 Å². The minimum Gasteiger partial charge on any atom is -0.334 e. The average molecular weight is 337 g/mol. The van der Waals surface area contributed by atoms with Gasteiger partial charge in [0.2, 0.25) is 0 Å². The summed E-state index contributed by atoms with van der Waals surface area (Å²) in [4.78, 5) is 9.83. The number of benzene rings is 1. The van der Waals surface area contributed by atoms with E-state index < -0.39 is 0 Å². The van der Waals surface area contributed by atoms with Crippen LogP contribution in [-0.2, 0) is 26.1 Å². The number of aromatic nitrogens is 4. The fraction of sp³-hybridized carbons (Fsp3) is 0.278. The van der Waals surface area contributed by atoms with E-state index in [1.54, 1.807) is 0 Å². The molecule has 1 aromatic carbocycles. The zero-order valence-corrected chi connectivity index (χ0v) is 14.2. The summed E-state index contributed by atoms with van der Waals surface area (Å²) >= 11 is 5.10. The molecule has 0 radical (unpaired) electrons. The Hall–Kier alpha value is -2.31. The van der Waals surface area contributed by atoms with Gasteiger partial charge in [0.15, 0.2) is 4.77 Å². The lowest BCUT2D eigenvalue weighted by molar-refractivity contribution is 0.242. The lowest BCUT2D eigenvalue weighted by Crippen LogP contribution is -2.30. The first-order chi connectivity index (χ1) is 11.8. The van der Waals surface area contributed by atoms with Crippen molar-refractivity contribution in [1.29, 1.82) is 0 Å². The number of nitrogens with zero attached hydrogens (tertiary/aromatic N) is 4. The average Bonchev–Trinajstić information content (AvgIpc) is 3.03. The number of aromatic amines is 1. The van der Waals surface area contributed by atoms with Gasteiger partial charge in [0.05, 0.1) is 12.7 Å². The van der Waals surface area contributed by atoms with E-state index >= 15 is 0 Å². The molecule has 0 saturated heterocycles. The predicted molar refractivity (Wildman–Crippen MR) is 95.0 cm³/mol. The molecule has 0 atom stereocenters. The second-order valence-corrected chi connectivity index (χ2v) is 6.57. The summed E-state index contributed by atoms with van der Waals surface area (Å²) < 4.78 is 2.57. The van der Waals surface area contributed by atoms with E-state index in [2.05, 4.69) is 50.4 Å². The van der Waals surface area contributed by atoms with Crippen molar-refractivity contribution in [3.05, 3.63) is 76.1 Å². The molecule has 0 amide bonds. The molecule has 0 spiro atoms. The summed E-state index contributed by atoms with van der Waals surface area (Å²) in [7, 11) is 0. The highest BCUT2D eigenvalue weighted by molar-refractivity contribution is 7.71. The van der Waals surface area contributed by atoms with E-state index in [0.29, 0.717) is 4.77 Å². The molecule has 2 aromatic heterocycles. The second-order valence-electron chi connectivity index (χ2n) is 6.18. The van der Waals surface area contributed by atoms with Crippen molar-refractivity contribution in [2.45, 2.75) is 26.1 Å². The van der Waals surface area contributed by atoms with Gasteiger partial charge in [0.25, 0.3) is 0 Å². The number of rotatable bonds is 4. The Kier molecular flexibility index (Phi) is 4.23. The highest BCUT2D eigenvalue weighted by atomic mass is 32.1. The highest BCUT2D eigenvalue weighted by Crippen LogP contribution is 2.18. The Labute approximate surface area is 146 Å². The molecule has 6 heteroatoms. The molecule has 1 N–H and O–H groups in total. The quantitative estimate of drug-likeness (QED) is 0.744. The van der Waals surface area contributed by atoms with Crippen LogP contribution in [0.1, 0.15) is 22.4 Å². The summed E-state index contributed by atoms with van der Waals surface area (Å²) in [6, 6.07) is 10.4. The number of nitrogens with one attached hydrogen (secondary N) is 1. The van der Waals surface area contributed by atoms with Gasteiger partial charge in [-0.15, -0.1) is 0 Å². The zero-order chi connectivity index (χ0) is 16.4. The van der Waals surface area contributed by atoms with Crippen molar-refractivity contribution in [3.63, 3.8) is 0 Å². The maximum atomic E-state index is 5.10. The van der Waals surface area contributed by atoms with Gasteiger partial charge in [0.1, 0.15) is 0 Å². The first-order valence-corrected chi connectivity index (χ1v) is 8.52. The molecule has 0 unspecified atom stereocenters. The van der Waals surface area contributed by atoms with E-state index in [-0.39, 0.29) is 0 Å². The number of hydrogen-bond acceptors (Lipinski definition) is 4. The van der Waals surface area contributed by atoms with Gasteiger partial charge in [-0.3, -0.25) is 9.58 Å². The molecule has 0 aliphatic carbocycles. The third-order valence-electron chi connectivity index (χ3n) is 4.34. The minimum atomic E-state index is 0.574. The summed E-state index contributed by atoms with van der Waals surface area (Å²) in [5.41, 5.74) is 4.98. The number of H-pyrrole nitrogens is 1. The first-order valence-electron chi connectivity index (χ1n) is 8.11. The molecule has 1 aliphatic heterocycles. The molecule has 3 heterocycles. The molecule has 122 valence electrons. The van der Waals surface area contributed by atoms with Gasteiger partial charge in [-0.1, -0.05) is 30.3 Å². The molecular weight excluding hydrogens is 318 g/mol. The van der Waals surface area contributed by atoms with Crippen LogP contribution in [0.2, 0.25) is 0 Å². The molecule has 24 heavy (non-hydrogen) atoms. The number of fused-ring (bicyclic) bond motifs is 1. The van der Waals surface area contributed by atoms with Gasteiger partial charge in [-0.25, -0.2) is 4.98 Å². The van der Waals surface area contributed by atoms with Crippen LogP contribution in [0.25, 0.3) is 0 Å². The minimum absolute atomic E-state index is 0.574. The molecule has 3 aromatic rings. The van der Waals surface area contributed by atoms with Crippen molar-refractivity contribution in [1.82, 2.24) is 24.6 Å². The van der Waals surface area contributed by atoms with Crippen molar-refractivity contribution in [2.24, 2.45) is 0 Å². The molecule has 0 bridgehead atoms. The van der Waals surface area contributed by atoms with Crippen LogP contribution in [0.5, 0.6) is 0 Å². The van der Waals surface area contributed by atoms with Gasteiger partial charge in [-0.2, -0.15) is 5.10 Å². The van der Waals surface area contributed by atoms with Crippen molar-refractivity contribution < 1.29 is 0 Å². The monoisotopic (exact) mass is 337 g/mol. The fourth-order valence-corrected chi connectivity index (χ4v) is 3.32. The van der Waals surface area contributed by atoms with Crippen LogP contribution < -0.4 is 0 Å². The van der Waals surface area contributed by atoms with Gasteiger partial charge in [0, 0.05) is 55.3 Å². The molecular formula is C18H19N5S. The third-order valence-corrected chi connectivity index (χ3v) is 4.54. The molecule has 1 aliphatic rings. The topological polar surface area (TPSA) is 49.7 Å². The van der Waals surface area contributed by atoms with Crippen LogP contribution in [0.3, 0.4) is 0 Å². The Morgan fingerprint density at radius 3 is 2.83 bits per heavy atom. The van der Waals surface area contributed by atoms with E-state index in [1.165, 1.54) is 22.4 Å². The zero-order valence-electron chi connectivity index (χ0n) is 13.4. The predicted octanol–water partition coefficient (Wildman–Crippen LogP) is 2.94. The van der Waals surface area contributed by atoms with E-state index in [1.807, 2.05) is 23.1 Å². The first kappa shape index (κ1) is 15.2. The van der Waals surface area contributed by atoms with Crippen LogP contribution in [0.4, 0.5) is 0 Å². The van der Waals surface area contributed by atoms with Crippen LogP contribution in [-0.4, -0.2) is 31.2 Å². The van der Waals surface area contributed by atoms with Crippen LogP contribution >= 0.6 is 12.2 Å². The summed E-state index contributed by atoms with van der Waals surface area (Å²) in [5, 5.41) is 4.49. The van der Waals surface area contributed by atoms with Crippen molar-refractivity contribution in [3.8, 4) is 0 Å². The SMILES string of the molecule is S=c1ncc2c([nH]1)CCN(Cc1cnn(Cc3ccccc3)c1)C2. The molecule has 4 rings (SSSR count). The fourth-order valence-electron chi connectivity index (χ4n) is 3.14. The number of hydrogen-bond donors (Lipinski definition) is 1. The Morgan fingerprint density at radius 1 is 1.08 bits per heavy atom. The lowest BCUT2D eigenvalue weighted by Gasteiger charge is -2.27. The van der Waals surface area contributed by atoms with Gasteiger partial charge in [-0.05, 0) is 17.8 Å². The van der Waals surface area contributed by atoms with Crippen molar-refractivity contribution >= 4 is 12.2 Å². The standard InChI is InChI=1S/C18H19N5S/c24-18-19-9-16-13-22(7-6-17(16)21-18)10-15-8-20-23(12-15)11-14-4-2-1-3-5-14/h1-5,8-9,12H,6-7,10-11,13H2,(H,19,21,24). The summed E-state index contributed by atoms with van der Waals surface area (Å²) in [5.74, 6) is 0. The highest BCUT2D eigenvalue weighted by Gasteiger charge is 2.17. The molecule has 0 saturated carbocycles. The maximum absolute atomic E-state index is 5.10. The Balaban J connectivity index is 1.41.